The third kappa shape index (κ3) is 3.65. The number of benzene rings is 2. The van der Waals surface area contributed by atoms with Gasteiger partial charge in [0.15, 0.2) is 0 Å². The van der Waals surface area contributed by atoms with Gasteiger partial charge in [-0.3, -0.25) is 0 Å². The second-order valence-corrected chi connectivity index (χ2v) is 4.71. The van der Waals surface area contributed by atoms with Crippen LogP contribution in [0.15, 0.2) is 42.5 Å². The molecule has 2 aromatic rings. The first kappa shape index (κ1) is 13.8. The molecule has 0 bridgehead atoms. The first-order valence-electron chi connectivity index (χ1n) is 6.18. The second kappa shape index (κ2) is 6.48. The minimum atomic E-state index is 0.786. The summed E-state index contributed by atoms with van der Waals surface area (Å²) in [5.41, 5.74) is 2.37. The second-order valence-electron chi connectivity index (χ2n) is 4.31. The molecule has 0 saturated carbocycles. The van der Waals surface area contributed by atoms with Crippen molar-refractivity contribution in [3.8, 4) is 11.5 Å². The van der Waals surface area contributed by atoms with Gasteiger partial charge in [-0.05, 0) is 54.3 Å². The van der Waals surface area contributed by atoms with Crippen LogP contribution in [0.4, 0.5) is 0 Å². The molecule has 2 rings (SSSR count). The number of aryl methyl sites for hydroxylation is 2. The van der Waals surface area contributed by atoms with Crippen molar-refractivity contribution in [2.24, 2.45) is 0 Å². The normalized spacial score (nSPS) is 10.3. The van der Waals surface area contributed by atoms with Crippen molar-refractivity contribution in [3.63, 3.8) is 0 Å². The van der Waals surface area contributed by atoms with E-state index in [1.165, 1.54) is 5.56 Å². The Bertz CT molecular complexity index is 535. The molecule has 0 aliphatic carbocycles. The van der Waals surface area contributed by atoms with Gasteiger partial charge in [0, 0.05) is 5.02 Å². The van der Waals surface area contributed by atoms with E-state index < -0.39 is 0 Å². The molecule has 2 nitrogen and oxygen atoms in total. The highest BCUT2D eigenvalue weighted by Crippen LogP contribution is 2.23. The van der Waals surface area contributed by atoms with Gasteiger partial charge in [-0.25, -0.2) is 0 Å². The highest BCUT2D eigenvalue weighted by Gasteiger charge is 2.03. The van der Waals surface area contributed by atoms with Crippen LogP contribution in [0.25, 0.3) is 0 Å². The Balaban J connectivity index is 2.05. The van der Waals surface area contributed by atoms with E-state index in [-0.39, 0.29) is 0 Å². The quantitative estimate of drug-likeness (QED) is 0.817. The molecule has 19 heavy (non-hydrogen) atoms. The molecule has 0 radical (unpaired) electrons. The Kier molecular flexibility index (Phi) is 4.69. The molecule has 0 aliphatic rings. The van der Waals surface area contributed by atoms with Gasteiger partial charge in [0.2, 0.25) is 0 Å². The summed E-state index contributed by atoms with van der Waals surface area (Å²) in [7, 11) is 3.33. The highest BCUT2D eigenvalue weighted by atomic mass is 35.5. The van der Waals surface area contributed by atoms with Gasteiger partial charge in [-0.1, -0.05) is 23.7 Å². The topological polar surface area (TPSA) is 18.5 Å². The van der Waals surface area contributed by atoms with Gasteiger partial charge < -0.3 is 9.47 Å². The van der Waals surface area contributed by atoms with Crippen LogP contribution in [0.2, 0.25) is 5.02 Å². The van der Waals surface area contributed by atoms with Gasteiger partial charge in [-0.15, -0.1) is 0 Å². The number of hydrogen-bond donors (Lipinski definition) is 0. The Morgan fingerprint density at radius 3 is 2.11 bits per heavy atom. The lowest BCUT2D eigenvalue weighted by Crippen LogP contribution is -1.94. The summed E-state index contributed by atoms with van der Waals surface area (Å²) in [5.74, 6) is 1.72. The Labute approximate surface area is 118 Å². The molecule has 0 saturated heterocycles. The van der Waals surface area contributed by atoms with Gasteiger partial charge >= 0.3 is 0 Å². The molecule has 0 atom stereocenters. The largest absolute Gasteiger partial charge is 0.497 e. The Morgan fingerprint density at radius 2 is 1.47 bits per heavy atom. The number of ether oxygens (including phenoxy) is 2. The van der Waals surface area contributed by atoms with Crippen molar-refractivity contribution in [2.45, 2.75) is 12.8 Å². The third-order valence-electron chi connectivity index (χ3n) is 3.09. The van der Waals surface area contributed by atoms with Crippen molar-refractivity contribution in [2.75, 3.05) is 14.2 Å². The fourth-order valence-electron chi connectivity index (χ4n) is 1.94. The van der Waals surface area contributed by atoms with E-state index >= 15 is 0 Å². The standard InChI is InChI=1S/C16H17ClO2/c1-18-14-7-4-12(5-8-14)3-6-13-11-15(19-2)9-10-16(13)17/h4-5,7-11H,3,6H2,1-2H3. The first-order valence-corrected chi connectivity index (χ1v) is 6.56. The Morgan fingerprint density at radius 1 is 0.842 bits per heavy atom. The molecule has 0 aromatic heterocycles. The molecule has 0 spiro atoms. The van der Waals surface area contributed by atoms with E-state index in [0.29, 0.717) is 0 Å². The fourth-order valence-corrected chi connectivity index (χ4v) is 2.15. The molecule has 0 amide bonds. The SMILES string of the molecule is COc1ccc(CCc2cc(OC)ccc2Cl)cc1. The summed E-state index contributed by atoms with van der Waals surface area (Å²) in [6.45, 7) is 0. The monoisotopic (exact) mass is 276 g/mol. The van der Waals surface area contributed by atoms with E-state index in [1.807, 2.05) is 30.3 Å². The van der Waals surface area contributed by atoms with Crippen LogP contribution >= 0.6 is 11.6 Å². The van der Waals surface area contributed by atoms with Crippen LogP contribution in [0.5, 0.6) is 11.5 Å². The Hall–Kier alpha value is -1.67. The van der Waals surface area contributed by atoms with Gasteiger partial charge in [0.05, 0.1) is 14.2 Å². The third-order valence-corrected chi connectivity index (χ3v) is 3.46. The highest BCUT2D eigenvalue weighted by molar-refractivity contribution is 6.31. The van der Waals surface area contributed by atoms with Crippen LogP contribution in [-0.2, 0) is 12.8 Å². The summed E-state index contributed by atoms with van der Waals surface area (Å²) in [5, 5.41) is 0.786. The lowest BCUT2D eigenvalue weighted by Gasteiger charge is -2.08. The van der Waals surface area contributed by atoms with Crippen LogP contribution in [0, 0.1) is 0 Å². The maximum absolute atomic E-state index is 6.19. The molecular weight excluding hydrogens is 260 g/mol. The van der Waals surface area contributed by atoms with Crippen molar-refractivity contribution in [1.82, 2.24) is 0 Å². The van der Waals surface area contributed by atoms with E-state index in [1.54, 1.807) is 14.2 Å². The van der Waals surface area contributed by atoms with Crippen LogP contribution in [-0.4, -0.2) is 14.2 Å². The van der Waals surface area contributed by atoms with Crippen LogP contribution in [0.3, 0.4) is 0 Å². The average molecular weight is 277 g/mol. The molecule has 0 heterocycles. The fraction of sp³-hybridized carbons (Fsp3) is 0.250. The van der Waals surface area contributed by atoms with Crippen molar-refractivity contribution >= 4 is 11.6 Å². The van der Waals surface area contributed by atoms with Gasteiger partial charge in [0.1, 0.15) is 11.5 Å². The first-order chi connectivity index (χ1) is 9.22. The van der Waals surface area contributed by atoms with E-state index in [9.17, 15) is 0 Å². The van der Waals surface area contributed by atoms with Crippen molar-refractivity contribution in [1.29, 1.82) is 0 Å². The van der Waals surface area contributed by atoms with E-state index in [0.717, 1.165) is 34.9 Å². The zero-order valence-electron chi connectivity index (χ0n) is 11.2. The maximum Gasteiger partial charge on any atom is 0.119 e. The zero-order chi connectivity index (χ0) is 13.7. The molecular formula is C16H17ClO2. The lowest BCUT2D eigenvalue weighted by molar-refractivity contribution is 0.414. The van der Waals surface area contributed by atoms with Crippen LogP contribution < -0.4 is 9.47 Å². The molecule has 0 fully saturated rings. The predicted molar refractivity (Wildman–Crippen MR) is 78.4 cm³/mol. The molecule has 3 heteroatoms. The molecule has 0 unspecified atom stereocenters. The molecule has 0 aliphatic heterocycles. The smallest absolute Gasteiger partial charge is 0.119 e. The molecule has 100 valence electrons. The molecule has 0 N–H and O–H groups in total. The van der Waals surface area contributed by atoms with E-state index in [4.69, 9.17) is 21.1 Å². The lowest BCUT2D eigenvalue weighted by atomic mass is 10.0. The van der Waals surface area contributed by atoms with Gasteiger partial charge in [0.25, 0.3) is 0 Å². The van der Waals surface area contributed by atoms with Crippen molar-refractivity contribution in [3.05, 3.63) is 58.6 Å². The minimum Gasteiger partial charge on any atom is -0.497 e. The number of rotatable bonds is 5. The minimum absolute atomic E-state index is 0.786. The number of hydrogen-bond acceptors (Lipinski definition) is 2. The summed E-state index contributed by atoms with van der Waals surface area (Å²) in [4.78, 5) is 0. The average Bonchev–Trinajstić information content (AvgIpc) is 2.47. The molecule has 2 aromatic carbocycles. The number of halogens is 1. The number of methoxy groups -OCH3 is 2. The van der Waals surface area contributed by atoms with E-state index in [2.05, 4.69) is 12.1 Å². The van der Waals surface area contributed by atoms with Gasteiger partial charge in [-0.2, -0.15) is 0 Å². The summed E-state index contributed by atoms with van der Waals surface area (Å²) in [6.07, 6.45) is 1.83. The predicted octanol–water partition coefficient (Wildman–Crippen LogP) is 4.14. The van der Waals surface area contributed by atoms with Crippen LogP contribution in [0.1, 0.15) is 11.1 Å². The maximum atomic E-state index is 6.19. The zero-order valence-corrected chi connectivity index (χ0v) is 11.9. The summed E-state index contributed by atoms with van der Waals surface area (Å²) < 4.78 is 10.4. The van der Waals surface area contributed by atoms with Crippen molar-refractivity contribution < 1.29 is 9.47 Å². The summed E-state index contributed by atoms with van der Waals surface area (Å²) >= 11 is 6.19. The summed E-state index contributed by atoms with van der Waals surface area (Å²) in [6, 6.07) is 13.8.